The summed E-state index contributed by atoms with van der Waals surface area (Å²) in [6, 6.07) is 9.24. The molecule has 1 aromatic heterocycles. The number of ether oxygens (including phenoxy) is 1. The van der Waals surface area contributed by atoms with Crippen LogP contribution < -0.4 is 10.6 Å². The van der Waals surface area contributed by atoms with Crippen LogP contribution in [-0.4, -0.2) is 31.3 Å². The number of halogens is 3. The maximum absolute atomic E-state index is 13.0. The van der Waals surface area contributed by atoms with E-state index in [1.165, 1.54) is 6.07 Å². The Morgan fingerprint density at radius 2 is 2.06 bits per heavy atom. The summed E-state index contributed by atoms with van der Waals surface area (Å²) in [4.78, 5) is 4.59. The van der Waals surface area contributed by atoms with Crippen LogP contribution in [-0.2, 0) is 23.9 Å². The fourth-order valence-corrected chi connectivity index (χ4v) is 4.69. The number of benzene rings is 1. The maximum Gasteiger partial charge on any atom is 0.416 e. The number of fused-ring (bicyclic) bond motifs is 1. The molecule has 2 heterocycles. The van der Waals surface area contributed by atoms with Crippen LogP contribution in [0.15, 0.2) is 52.1 Å². The van der Waals surface area contributed by atoms with Gasteiger partial charge in [0.05, 0.1) is 24.5 Å². The highest BCUT2D eigenvalue weighted by atomic mass is 19.4. The number of rotatable bonds is 6. The highest BCUT2D eigenvalue weighted by Gasteiger charge is 2.59. The molecule has 1 aliphatic heterocycles. The zero-order chi connectivity index (χ0) is 22.1. The second-order valence-corrected chi connectivity index (χ2v) is 8.81. The lowest BCUT2D eigenvalue weighted by molar-refractivity contribution is -0.137. The van der Waals surface area contributed by atoms with Crippen molar-refractivity contribution in [3.05, 3.63) is 59.5 Å². The smallest absolute Gasteiger partial charge is 0.416 e. The summed E-state index contributed by atoms with van der Waals surface area (Å²) in [7, 11) is 0. The van der Waals surface area contributed by atoms with Crippen LogP contribution in [0.1, 0.15) is 37.2 Å². The average molecular weight is 435 g/mol. The maximum atomic E-state index is 13.0. The van der Waals surface area contributed by atoms with Crippen LogP contribution in [0, 0.1) is 11.3 Å². The predicted octanol–water partition coefficient (Wildman–Crippen LogP) is 4.39. The molecule has 1 saturated carbocycles. The van der Waals surface area contributed by atoms with Crippen molar-refractivity contribution in [3.63, 3.8) is 0 Å². The molecule has 0 bridgehead atoms. The van der Waals surface area contributed by atoms with Crippen molar-refractivity contribution < 1.29 is 22.3 Å². The molecule has 3 atom stereocenters. The second-order valence-electron chi connectivity index (χ2n) is 8.81. The zero-order valence-corrected chi connectivity index (χ0v) is 17.7. The summed E-state index contributed by atoms with van der Waals surface area (Å²) in [6.45, 7) is 5.85. The molecule has 2 aromatic rings. The van der Waals surface area contributed by atoms with Crippen LogP contribution in [0.2, 0.25) is 0 Å². The number of aliphatic imine (C=N–C) groups is 1. The van der Waals surface area contributed by atoms with Gasteiger partial charge < -0.3 is 19.8 Å². The summed E-state index contributed by atoms with van der Waals surface area (Å²) in [6.07, 6.45) is -0.819. The first-order valence-corrected chi connectivity index (χ1v) is 10.6. The van der Waals surface area contributed by atoms with Gasteiger partial charge >= 0.3 is 6.18 Å². The first-order valence-electron chi connectivity index (χ1n) is 10.6. The first-order chi connectivity index (χ1) is 14.7. The van der Waals surface area contributed by atoms with Crippen molar-refractivity contribution in [2.45, 2.75) is 51.6 Å². The molecule has 5 nitrogen and oxygen atoms in total. The van der Waals surface area contributed by atoms with Gasteiger partial charge in [-0.3, -0.25) is 0 Å². The number of nitrogens with one attached hydrogen (secondary N) is 2. The van der Waals surface area contributed by atoms with Crippen LogP contribution in [0.4, 0.5) is 13.2 Å². The highest BCUT2D eigenvalue weighted by Crippen LogP contribution is 2.52. The normalized spacial score (nSPS) is 25.1. The van der Waals surface area contributed by atoms with Crippen LogP contribution in [0.3, 0.4) is 0 Å². The van der Waals surface area contributed by atoms with Gasteiger partial charge in [0.15, 0.2) is 5.96 Å². The summed E-state index contributed by atoms with van der Waals surface area (Å²) in [5, 5.41) is 6.82. The molecule has 31 heavy (non-hydrogen) atoms. The summed E-state index contributed by atoms with van der Waals surface area (Å²) in [5.41, 5.74) is -0.190. The van der Waals surface area contributed by atoms with E-state index in [1.807, 2.05) is 12.1 Å². The van der Waals surface area contributed by atoms with Crippen molar-refractivity contribution in [1.29, 1.82) is 0 Å². The molecule has 1 aromatic carbocycles. The van der Waals surface area contributed by atoms with Gasteiger partial charge in [0, 0.05) is 36.9 Å². The molecular formula is C23H28F3N3O2. The van der Waals surface area contributed by atoms with E-state index in [0.717, 1.165) is 30.9 Å². The fraction of sp³-hybridized carbons (Fsp3) is 0.522. The minimum atomic E-state index is -4.37. The van der Waals surface area contributed by atoms with E-state index in [9.17, 15) is 13.2 Å². The number of furan rings is 1. The molecule has 4 rings (SSSR count). The first kappa shape index (κ1) is 21.7. The van der Waals surface area contributed by atoms with E-state index < -0.39 is 11.7 Å². The molecular weight excluding hydrogens is 407 g/mol. The predicted molar refractivity (Wildman–Crippen MR) is 112 cm³/mol. The third-order valence-electron chi connectivity index (χ3n) is 6.31. The van der Waals surface area contributed by atoms with E-state index in [1.54, 1.807) is 12.3 Å². The lowest BCUT2D eigenvalue weighted by Crippen LogP contribution is -2.68. The molecule has 2 fully saturated rings. The van der Waals surface area contributed by atoms with Gasteiger partial charge in [-0.15, -0.1) is 0 Å². The molecule has 1 aliphatic carbocycles. The van der Waals surface area contributed by atoms with Crippen molar-refractivity contribution in [2.24, 2.45) is 16.3 Å². The molecule has 2 N–H and O–H groups in total. The Kier molecular flexibility index (Phi) is 6.01. The summed E-state index contributed by atoms with van der Waals surface area (Å²) in [5.74, 6) is 1.87. The van der Waals surface area contributed by atoms with E-state index in [-0.39, 0.29) is 24.1 Å². The van der Waals surface area contributed by atoms with Gasteiger partial charge in [0.25, 0.3) is 0 Å². The Labute approximate surface area is 180 Å². The van der Waals surface area contributed by atoms with Crippen LogP contribution >= 0.6 is 0 Å². The van der Waals surface area contributed by atoms with Gasteiger partial charge in [-0.2, -0.15) is 13.2 Å². The van der Waals surface area contributed by atoms with Gasteiger partial charge in [-0.05, 0) is 36.2 Å². The van der Waals surface area contributed by atoms with Crippen molar-refractivity contribution in [1.82, 2.24) is 10.6 Å². The lowest BCUT2D eigenvalue weighted by atomic mass is 9.57. The number of alkyl halides is 3. The van der Waals surface area contributed by atoms with Crippen LogP contribution in [0.25, 0.3) is 0 Å². The van der Waals surface area contributed by atoms with Gasteiger partial charge in [-0.25, -0.2) is 4.99 Å². The summed E-state index contributed by atoms with van der Waals surface area (Å²) >= 11 is 0. The molecule has 1 saturated heterocycles. The molecule has 0 spiro atoms. The monoisotopic (exact) mass is 435 g/mol. The number of guanidine groups is 1. The second kappa shape index (κ2) is 8.57. The molecule has 0 amide bonds. The number of hydrogen-bond donors (Lipinski definition) is 2. The Hall–Kier alpha value is -2.48. The number of nitrogens with zero attached hydrogens (tertiary/aromatic N) is 1. The topological polar surface area (TPSA) is 58.8 Å². The van der Waals surface area contributed by atoms with E-state index in [2.05, 4.69) is 29.5 Å². The quantitative estimate of drug-likeness (QED) is 0.522. The Morgan fingerprint density at radius 3 is 2.81 bits per heavy atom. The van der Waals surface area contributed by atoms with Gasteiger partial charge in [0.1, 0.15) is 5.76 Å². The van der Waals surface area contributed by atoms with Crippen molar-refractivity contribution in [3.8, 4) is 0 Å². The Morgan fingerprint density at radius 1 is 1.23 bits per heavy atom. The molecule has 168 valence electrons. The third-order valence-corrected chi connectivity index (χ3v) is 6.31. The van der Waals surface area contributed by atoms with E-state index in [0.29, 0.717) is 30.4 Å². The summed E-state index contributed by atoms with van der Waals surface area (Å²) < 4.78 is 50.3. The zero-order valence-electron chi connectivity index (χ0n) is 17.7. The minimum absolute atomic E-state index is 0.0408. The van der Waals surface area contributed by atoms with E-state index in [4.69, 9.17) is 9.15 Å². The Balaban J connectivity index is 1.46. The molecule has 3 unspecified atom stereocenters. The van der Waals surface area contributed by atoms with Gasteiger partial charge in [0.2, 0.25) is 0 Å². The average Bonchev–Trinajstić information content (AvgIpc) is 3.40. The van der Waals surface area contributed by atoms with Gasteiger partial charge in [-0.1, -0.05) is 26.0 Å². The molecule has 8 heteroatoms. The van der Waals surface area contributed by atoms with Crippen molar-refractivity contribution >= 4 is 5.96 Å². The fourth-order valence-electron chi connectivity index (χ4n) is 4.69. The minimum Gasteiger partial charge on any atom is -0.469 e. The SMILES string of the molecule is CC1(C)C(NC(=NCc2cccc(C(F)(F)F)c2)NCCc2ccco2)C2CCOC21. The largest absolute Gasteiger partial charge is 0.469 e. The lowest BCUT2D eigenvalue weighted by Gasteiger charge is -2.54. The third kappa shape index (κ3) is 4.74. The van der Waals surface area contributed by atoms with Crippen molar-refractivity contribution in [2.75, 3.05) is 13.2 Å². The Bertz CT molecular complexity index is 909. The molecule has 0 radical (unpaired) electrons. The highest BCUT2D eigenvalue weighted by molar-refractivity contribution is 5.80. The number of hydrogen-bond acceptors (Lipinski definition) is 3. The van der Waals surface area contributed by atoms with Crippen LogP contribution in [0.5, 0.6) is 0 Å². The standard InChI is InChI=1S/C23H28F3N3O2/c1-22(2)19(18-9-12-31-20(18)22)29-21(27-10-8-17-7-4-11-30-17)28-14-15-5-3-6-16(13-15)23(24,25)26/h3-7,11,13,18-20H,8-10,12,14H2,1-2H3,(H2,27,28,29). The molecule has 2 aliphatic rings. The van der Waals surface area contributed by atoms with E-state index >= 15 is 0 Å².